The molecule has 8 nitrogen and oxygen atoms in total. The van der Waals surface area contributed by atoms with Crippen LogP contribution in [0.25, 0.3) is 0 Å². The zero-order valence-corrected chi connectivity index (χ0v) is 19.1. The Hall–Kier alpha value is -1.26. The van der Waals surface area contributed by atoms with Crippen LogP contribution in [0.2, 0.25) is 0 Å². The van der Waals surface area contributed by atoms with Crippen molar-refractivity contribution in [2.24, 2.45) is 4.99 Å². The number of nitrogens with zero attached hydrogens (tertiary/aromatic N) is 3. The van der Waals surface area contributed by atoms with Gasteiger partial charge in [-0.15, -0.1) is 24.0 Å². The molecule has 1 saturated heterocycles. The molecule has 1 fully saturated rings. The van der Waals surface area contributed by atoms with Crippen LogP contribution in [0.5, 0.6) is 0 Å². The fourth-order valence-electron chi connectivity index (χ4n) is 2.33. The molecule has 26 heavy (non-hydrogen) atoms. The van der Waals surface area contributed by atoms with E-state index in [2.05, 4.69) is 27.4 Å². The Morgan fingerprint density at radius 2 is 1.96 bits per heavy atom. The molecule has 1 aliphatic heterocycles. The first-order valence-electron chi connectivity index (χ1n) is 8.85. The molecule has 152 valence electrons. The van der Waals surface area contributed by atoms with Crippen molar-refractivity contribution in [3.8, 4) is 0 Å². The Morgan fingerprint density at radius 1 is 1.31 bits per heavy atom. The average Bonchev–Trinajstić information content (AvgIpc) is 2.93. The molecule has 2 amide bonds. The van der Waals surface area contributed by atoms with Crippen molar-refractivity contribution < 1.29 is 14.3 Å². The van der Waals surface area contributed by atoms with E-state index in [4.69, 9.17) is 4.74 Å². The number of likely N-dealkylation sites (tertiary alicyclic amines) is 1. The largest absolute Gasteiger partial charge is 0.444 e. The molecule has 0 aromatic carbocycles. The topological polar surface area (TPSA) is 86.3 Å². The molecule has 0 aromatic heterocycles. The summed E-state index contributed by atoms with van der Waals surface area (Å²) in [6, 6.07) is 0.00743. The van der Waals surface area contributed by atoms with Gasteiger partial charge in [0.05, 0.1) is 6.04 Å². The predicted octanol–water partition coefficient (Wildman–Crippen LogP) is 1.65. The Kier molecular flexibility index (Phi) is 10.9. The second-order valence-electron chi connectivity index (χ2n) is 7.43. The molecule has 0 radical (unpaired) electrons. The van der Waals surface area contributed by atoms with Gasteiger partial charge in [0.2, 0.25) is 5.91 Å². The first-order valence-corrected chi connectivity index (χ1v) is 8.85. The zero-order chi connectivity index (χ0) is 19.0. The van der Waals surface area contributed by atoms with Crippen molar-refractivity contribution in [1.29, 1.82) is 0 Å². The minimum atomic E-state index is -0.510. The van der Waals surface area contributed by atoms with E-state index < -0.39 is 11.7 Å². The molecule has 2 N–H and O–H groups in total. The molecule has 0 aliphatic carbocycles. The molecule has 9 heteroatoms. The van der Waals surface area contributed by atoms with Crippen LogP contribution >= 0.6 is 24.0 Å². The van der Waals surface area contributed by atoms with E-state index in [1.807, 2.05) is 20.8 Å². The van der Waals surface area contributed by atoms with Crippen LogP contribution < -0.4 is 10.6 Å². The van der Waals surface area contributed by atoms with Gasteiger partial charge in [0.15, 0.2) is 5.96 Å². The fourth-order valence-corrected chi connectivity index (χ4v) is 2.33. The van der Waals surface area contributed by atoms with Crippen molar-refractivity contribution in [1.82, 2.24) is 20.4 Å². The maximum atomic E-state index is 11.9. The van der Waals surface area contributed by atoms with Crippen molar-refractivity contribution >= 4 is 41.9 Å². The Balaban J connectivity index is 0.00000625. The molecule has 1 aliphatic rings. The number of nitrogens with one attached hydrogen (secondary N) is 2. The van der Waals surface area contributed by atoms with Crippen molar-refractivity contribution in [3.05, 3.63) is 0 Å². The van der Waals surface area contributed by atoms with Crippen LogP contribution in [0, 0.1) is 0 Å². The molecule has 1 unspecified atom stereocenters. The van der Waals surface area contributed by atoms with Crippen LogP contribution in [-0.4, -0.2) is 79.7 Å². The highest BCUT2D eigenvalue weighted by Gasteiger charge is 2.28. The van der Waals surface area contributed by atoms with Gasteiger partial charge in [-0.05, 0) is 33.6 Å². The number of ether oxygens (including phenoxy) is 1. The summed E-state index contributed by atoms with van der Waals surface area (Å²) in [5.74, 6) is 0.670. The van der Waals surface area contributed by atoms with Crippen molar-refractivity contribution in [3.63, 3.8) is 0 Å². The first-order chi connectivity index (χ1) is 11.6. The molecule has 1 rings (SSSR count). The number of hydrogen-bond donors (Lipinski definition) is 2. The number of guanidine groups is 1. The molecular weight excluding hydrogens is 449 g/mol. The minimum absolute atomic E-state index is 0. The van der Waals surface area contributed by atoms with Gasteiger partial charge >= 0.3 is 6.09 Å². The van der Waals surface area contributed by atoms with Crippen LogP contribution in [0.3, 0.4) is 0 Å². The lowest BCUT2D eigenvalue weighted by Crippen LogP contribution is -2.44. The summed E-state index contributed by atoms with van der Waals surface area (Å²) in [5.41, 5.74) is -0.510. The SMILES string of the molecule is CCCNC(=NCC(=O)N(C)C)N1CCC(NC(=O)OC(C)(C)C)C1.I. The molecule has 1 heterocycles. The number of aliphatic imine (C=N–C) groups is 1. The fraction of sp³-hybridized carbons (Fsp3) is 0.824. The highest BCUT2D eigenvalue weighted by molar-refractivity contribution is 14.0. The lowest BCUT2D eigenvalue weighted by Gasteiger charge is -2.23. The second-order valence-corrected chi connectivity index (χ2v) is 7.43. The second kappa shape index (κ2) is 11.5. The monoisotopic (exact) mass is 483 g/mol. The summed E-state index contributed by atoms with van der Waals surface area (Å²) < 4.78 is 5.30. The Labute approximate surface area is 174 Å². The molecule has 0 saturated carbocycles. The van der Waals surface area contributed by atoms with Crippen LogP contribution in [0.4, 0.5) is 4.79 Å². The molecule has 0 spiro atoms. The Bertz CT molecular complexity index is 491. The van der Waals surface area contributed by atoms with Gasteiger partial charge in [0, 0.05) is 33.7 Å². The van der Waals surface area contributed by atoms with Gasteiger partial charge in [-0.2, -0.15) is 0 Å². The van der Waals surface area contributed by atoms with Crippen LogP contribution in [-0.2, 0) is 9.53 Å². The van der Waals surface area contributed by atoms with Gasteiger partial charge in [0.25, 0.3) is 0 Å². The number of hydrogen-bond acceptors (Lipinski definition) is 4. The number of carbonyl (C=O) groups is 2. The van der Waals surface area contributed by atoms with E-state index in [0.29, 0.717) is 12.5 Å². The maximum absolute atomic E-state index is 11.9. The quantitative estimate of drug-likeness (QED) is 0.353. The third kappa shape index (κ3) is 9.44. The summed E-state index contributed by atoms with van der Waals surface area (Å²) in [6.45, 7) is 9.91. The number of carbonyl (C=O) groups excluding carboxylic acids is 2. The lowest BCUT2D eigenvalue weighted by atomic mass is 10.2. The zero-order valence-electron chi connectivity index (χ0n) is 16.8. The predicted molar refractivity (Wildman–Crippen MR) is 114 cm³/mol. The first kappa shape index (κ1) is 24.7. The standard InChI is InChI=1S/C17H33N5O3.HI/c1-7-9-18-15(19-11-14(23)21(5)6)22-10-8-13(12-22)20-16(24)25-17(2,3)4;/h13H,7-12H2,1-6H3,(H,18,19)(H,20,24);1H. The molecule has 0 aromatic rings. The number of likely N-dealkylation sites (N-methyl/N-ethyl adjacent to an activating group) is 1. The normalized spacial score (nSPS) is 17.4. The summed E-state index contributed by atoms with van der Waals surface area (Å²) >= 11 is 0. The van der Waals surface area contributed by atoms with Crippen LogP contribution in [0.1, 0.15) is 40.5 Å². The van der Waals surface area contributed by atoms with Gasteiger partial charge in [-0.1, -0.05) is 6.92 Å². The van der Waals surface area contributed by atoms with Gasteiger partial charge in [0.1, 0.15) is 12.1 Å². The molecular formula is C17H34IN5O3. The highest BCUT2D eigenvalue weighted by Crippen LogP contribution is 2.12. The van der Waals surface area contributed by atoms with Gasteiger partial charge < -0.3 is 25.2 Å². The molecule has 0 bridgehead atoms. The van der Waals surface area contributed by atoms with E-state index in [1.165, 1.54) is 4.90 Å². The minimum Gasteiger partial charge on any atom is -0.444 e. The molecule has 1 atom stereocenters. The summed E-state index contributed by atoms with van der Waals surface area (Å²) in [6.07, 6.45) is 1.38. The third-order valence-corrected chi connectivity index (χ3v) is 3.60. The Morgan fingerprint density at radius 3 is 2.50 bits per heavy atom. The van der Waals surface area contributed by atoms with Crippen molar-refractivity contribution in [2.45, 2.75) is 52.2 Å². The number of halogens is 1. The lowest BCUT2D eigenvalue weighted by molar-refractivity contribution is -0.127. The average molecular weight is 483 g/mol. The van der Waals surface area contributed by atoms with E-state index in [0.717, 1.165) is 25.9 Å². The summed E-state index contributed by atoms with van der Waals surface area (Å²) in [4.78, 5) is 31.7. The van der Waals surface area contributed by atoms with Crippen molar-refractivity contribution in [2.75, 3.05) is 40.3 Å². The van der Waals surface area contributed by atoms with Gasteiger partial charge in [-0.3, -0.25) is 4.79 Å². The number of alkyl carbamates (subject to hydrolysis) is 1. The van der Waals surface area contributed by atoms with E-state index in [1.54, 1.807) is 14.1 Å². The number of rotatable bonds is 5. The van der Waals surface area contributed by atoms with E-state index in [9.17, 15) is 9.59 Å². The maximum Gasteiger partial charge on any atom is 0.407 e. The summed E-state index contributed by atoms with van der Waals surface area (Å²) in [7, 11) is 3.43. The van der Waals surface area contributed by atoms with E-state index in [-0.39, 0.29) is 42.5 Å². The highest BCUT2D eigenvalue weighted by atomic mass is 127. The number of amides is 2. The van der Waals surface area contributed by atoms with Gasteiger partial charge in [-0.25, -0.2) is 9.79 Å². The van der Waals surface area contributed by atoms with Crippen LogP contribution in [0.15, 0.2) is 4.99 Å². The third-order valence-electron chi connectivity index (χ3n) is 3.60. The van der Waals surface area contributed by atoms with E-state index >= 15 is 0 Å². The smallest absolute Gasteiger partial charge is 0.407 e. The summed E-state index contributed by atoms with van der Waals surface area (Å²) in [5, 5.41) is 6.18.